The molecule has 0 amide bonds. The lowest BCUT2D eigenvalue weighted by Crippen LogP contribution is -2.24. The van der Waals surface area contributed by atoms with E-state index < -0.39 is 0 Å². The van der Waals surface area contributed by atoms with Crippen LogP contribution in [0.4, 0.5) is 0 Å². The normalized spacial score (nSPS) is 12.5. The number of rotatable bonds is 7. The van der Waals surface area contributed by atoms with Crippen LogP contribution < -0.4 is 10.1 Å². The summed E-state index contributed by atoms with van der Waals surface area (Å²) in [6, 6.07) is 6.39. The average molecular weight is 256 g/mol. The van der Waals surface area contributed by atoms with Gasteiger partial charge in [0, 0.05) is 11.1 Å². The fourth-order valence-corrected chi connectivity index (χ4v) is 1.90. The number of nitrogens with one attached hydrogen (secondary N) is 1. The van der Waals surface area contributed by atoms with E-state index in [0.717, 1.165) is 42.2 Å². The van der Waals surface area contributed by atoms with Crippen LogP contribution in [-0.4, -0.2) is 19.7 Å². The van der Waals surface area contributed by atoms with Crippen molar-refractivity contribution in [3.8, 4) is 5.75 Å². The molecule has 0 heterocycles. The molecule has 0 aliphatic carbocycles. The monoisotopic (exact) mass is 255 g/mol. The van der Waals surface area contributed by atoms with Gasteiger partial charge in [-0.25, -0.2) is 0 Å². The predicted octanol–water partition coefficient (Wildman–Crippen LogP) is 3.81. The predicted molar refractivity (Wildman–Crippen MR) is 74.1 cm³/mol. The summed E-state index contributed by atoms with van der Waals surface area (Å²) in [6.45, 7) is 4.95. The Labute approximate surface area is 109 Å². The summed E-state index contributed by atoms with van der Waals surface area (Å²) in [5.41, 5.74) is 1.06. The van der Waals surface area contributed by atoms with E-state index in [1.54, 1.807) is 0 Å². The van der Waals surface area contributed by atoms with Crippen molar-refractivity contribution in [2.75, 3.05) is 13.7 Å². The van der Waals surface area contributed by atoms with Crippen molar-refractivity contribution in [1.29, 1.82) is 0 Å². The van der Waals surface area contributed by atoms with Crippen LogP contribution in [0.5, 0.6) is 5.75 Å². The highest BCUT2D eigenvalue weighted by Crippen LogP contribution is 2.21. The summed E-state index contributed by atoms with van der Waals surface area (Å²) in [5.74, 6) is 0.907. The van der Waals surface area contributed by atoms with Crippen LogP contribution >= 0.6 is 11.6 Å². The molecule has 0 saturated carbocycles. The maximum atomic E-state index is 5.96. The first kappa shape index (κ1) is 14.3. The van der Waals surface area contributed by atoms with Crippen LogP contribution in [0, 0.1) is 6.92 Å². The fraction of sp³-hybridized carbons (Fsp3) is 0.571. The first-order valence-electron chi connectivity index (χ1n) is 6.23. The molecule has 0 radical (unpaired) electrons. The van der Waals surface area contributed by atoms with Crippen molar-refractivity contribution in [2.45, 2.75) is 39.2 Å². The lowest BCUT2D eigenvalue weighted by atomic mass is 10.1. The van der Waals surface area contributed by atoms with E-state index in [4.69, 9.17) is 16.3 Å². The van der Waals surface area contributed by atoms with Gasteiger partial charge >= 0.3 is 0 Å². The fourth-order valence-electron chi connectivity index (χ4n) is 1.78. The van der Waals surface area contributed by atoms with Gasteiger partial charge in [0.05, 0.1) is 6.61 Å². The molecule has 0 spiro atoms. The van der Waals surface area contributed by atoms with E-state index in [1.807, 2.05) is 32.2 Å². The zero-order valence-electron chi connectivity index (χ0n) is 10.9. The number of aryl methyl sites for hydroxylation is 1. The molecule has 0 saturated heterocycles. The van der Waals surface area contributed by atoms with Gasteiger partial charge in [-0.1, -0.05) is 18.5 Å². The standard InChI is InChI=1S/C14H22ClNO/c1-4-12(16-3)6-5-9-17-13-7-8-14(15)11(2)10-13/h7-8,10,12,16H,4-6,9H2,1-3H3. The van der Waals surface area contributed by atoms with Crippen molar-refractivity contribution in [3.63, 3.8) is 0 Å². The van der Waals surface area contributed by atoms with E-state index in [0.29, 0.717) is 6.04 Å². The number of hydrogen-bond donors (Lipinski definition) is 1. The smallest absolute Gasteiger partial charge is 0.119 e. The van der Waals surface area contributed by atoms with Crippen LogP contribution in [0.15, 0.2) is 18.2 Å². The molecular weight excluding hydrogens is 234 g/mol. The second-order valence-electron chi connectivity index (χ2n) is 4.30. The summed E-state index contributed by atoms with van der Waals surface area (Å²) in [7, 11) is 2.01. The number of hydrogen-bond acceptors (Lipinski definition) is 2. The second kappa shape index (κ2) is 7.57. The second-order valence-corrected chi connectivity index (χ2v) is 4.70. The number of benzene rings is 1. The molecule has 3 heteroatoms. The minimum Gasteiger partial charge on any atom is -0.494 e. The highest BCUT2D eigenvalue weighted by atomic mass is 35.5. The van der Waals surface area contributed by atoms with Crippen molar-refractivity contribution < 1.29 is 4.74 Å². The third kappa shape index (κ3) is 4.97. The topological polar surface area (TPSA) is 21.3 Å². The molecule has 0 aliphatic heterocycles. The van der Waals surface area contributed by atoms with Gasteiger partial charge in [-0.3, -0.25) is 0 Å². The quantitative estimate of drug-likeness (QED) is 0.749. The summed E-state index contributed by atoms with van der Waals surface area (Å²) >= 11 is 5.96. The van der Waals surface area contributed by atoms with Crippen LogP contribution in [0.25, 0.3) is 0 Å². The Morgan fingerprint density at radius 3 is 2.76 bits per heavy atom. The molecule has 2 nitrogen and oxygen atoms in total. The SMILES string of the molecule is CCC(CCCOc1ccc(Cl)c(C)c1)NC. The molecule has 17 heavy (non-hydrogen) atoms. The van der Waals surface area contributed by atoms with Gasteiger partial charge in [0.15, 0.2) is 0 Å². The maximum absolute atomic E-state index is 5.96. The van der Waals surface area contributed by atoms with Crippen LogP contribution in [0.1, 0.15) is 31.7 Å². The minimum absolute atomic E-state index is 0.602. The van der Waals surface area contributed by atoms with Gasteiger partial charge in [-0.15, -0.1) is 0 Å². The van der Waals surface area contributed by atoms with Crippen LogP contribution in [0.3, 0.4) is 0 Å². The van der Waals surface area contributed by atoms with Gasteiger partial charge < -0.3 is 10.1 Å². The van der Waals surface area contributed by atoms with Gasteiger partial charge in [0.25, 0.3) is 0 Å². The molecule has 0 aromatic heterocycles. The van der Waals surface area contributed by atoms with Crippen LogP contribution in [-0.2, 0) is 0 Å². The Bertz CT molecular complexity index is 337. The van der Waals surface area contributed by atoms with Crippen LogP contribution in [0.2, 0.25) is 5.02 Å². The lowest BCUT2D eigenvalue weighted by molar-refractivity contribution is 0.296. The molecule has 1 atom stereocenters. The van der Waals surface area contributed by atoms with Crippen molar-refractivity contribution in [3.05, 3.63) is 28.8 Å². The molecule has 1 aromatic rings. The Morgan fingerprint density at radius 1 is 1.41 bits per heavy atom. The minimum atomic E-state index is 0.602. The lowest BCUT2D eigenvalue weighted by Gasteiger charge is -2.13. The molecule has 1 unspecified atom stereocenters. The molecule has 1 rings (SSSR count). The van der Waals surface area contributed by atoms with E-state index in [2.05, 4.69) is 12.2 Å². The molecule has 0 fully saturated rings. The molecule has 96 valence electrons. The first-order valence-corrected chi connectivity index (χ1v) is 6.61. The Balaban J connectivity index is 2.28. The van der Waals surface area contributed by atoms with Gasteiger partial charge in [-0.05, 0) is 57.0 Å². The van der Waals surface area contributed by atoms with Crippen molar-refractivity contribution in [2.24, 2.45) is 0 Å². The van der Waals surface area contributed by atoms with Crippen molar-refractivity contribution in [1.82, 2.24) is 5.32 Å². The Kier molecular flexibility index (Phi) is 6.38. The van der Waals surface area contributed by atoms with E-state index in [9.17, 15) is 0 Å². The third-order valence-corrected chi connectivity index (χ3v) is 3.42. The molecular formula is C14H22ClNO. The summed E-state index contributed by atoms with van der Waals surface area (Å²) in [4.78, 5) is 0. The van der Waals surface area contributed by atoms with Gasteiger partial charge in [0.1, 0.15) is 5.75 Å². The summed E-state index contributed by atoms with van der Waals surface area (Å²) in [6.07, 6.45) is 3.39. The van der Waals surface area contributed by atoms with E-state index >= 15 is 0 Å². The zero-order valence-corrected chi connectivity index (χ0v) is 11.7. The number of ether oxygens (including phenoxy) is 1. The Hall–Kier alpha value is -0.730. The molecule has 1 N–H and O–H groups in total. The van der Waals surface area contributed by atoms with E-state index in [1.165, 1.54) is 0 Å². The van der Waals surface area contributed by atoms with Crippen molar-refractivity contribution >= 4 is 11.6 Å². The maximum Gasteiger partial charge on any atom is 0.119 e. The highest BCUT2D eigenvalue weighted by molar-refractivity contribution is 6.31. The summed E-state index contributed by atoms with van der Waals surface area (Å²) in [5, 5.41) is 4.08. The number of halogens is 1. The van der Waals surface area contributed by atoms with Gasteiger partial charge in [0.2, 0.25) is 0 Å². The third-order valence-electron chi connectivity index (χ3n) is 3.00. The summed E-state index contributed by atoms with van der Waals surface area (Å²) < 4.78 is 5.69. The molecule has 0 bridgehead atoms. The average Bonchev–Trinajstić information content (AvgIpc) is 2.34. The van der Waals surface area contributed by atoms with E-state index in [-0.39, 0.29) is 0 Å². The molecule has 0 aliphatic rings. The van der Waals surface area contributed by atoms with Gasteiger partial charge in [-0.2, -0.15) is 0 Å². The highest BCUT2D eigenvalue weighted by Gasteiger charge is 2.03. The Morgan fingerprint density at radius 2 is 2.18 bits per heavy atom. The zero-order chi connectivity index (χ0) is 12.7. The first-order chi connectivity index (χ1) is 8.17. The molecule has 1 aromatic carbocycles. The largest absolute Gasteiger partial charge is 0.494 e.